The lowest BCUT2D eigenvalue weighted by Crippen LogP contribution is -2.38. The lowest BCUT2D eigenvalue weighted by molar-refractivity contribution is -0.0574. The Bertz CT molecular complexity index is 260. The highest BCUT2D eigenvalue weighted by Gasteiger charge is 2.37. The number of hydrogen-bond acceptors (Lipinski definition) is 1. The quantitative estimate of drug-likeness (QED) is 0.679. The first-order chi connectivity index (χ1) is 8.61. The molecule has 0 spiro atoms. The standard InChI is InChI=1S/C14H24ClF2N/c15-8-2-5-13-6-3-9-18(13)11-12-4-1-7-14(16,17)10-12/h12-13H,1-11H2. The first-order valence-electron chi connectivity index (χ1n) is 7.28. The van der Waals surface area contributed by atoms with Crippen LogP contribution in [0.3, 0.4) is 0 Å². The maximum atomic E-state index is 13.4. The second-order valence-corrected chi connectivity index (χ2v) is 6.32. The molecule has 2 aliphatic rings. The van der Waals surface area contributed by atoms with Gasteiger partial charge in [-0.25, -0.2) is 8.78 Å². The molecule has 0 N–H and O–H groups in total. The molecular formula is C14H24ClF2N. The highest BCUT2D eigenvalue weighted by molar-refractivity contribution is 6.17. The minimum absolute atomic E-state index is 0.0964. The third-order valence-electron chi connectivity index (χ3n) is 4.40. The Balaban J connectivity index is 1.80. The lowest BCUT2D eigenvalue weighted by atomic mass is 9.86. The molecule has 18 heavy (non-hydrogen) atoms. The minimum Gasteiger partial charge on any atom is -0.300 e. The second-order valence-electron chi connectivity index (χ2n) is 5.94. The zero-order valence-electron chi connectivity index (χ0n) is 11.0. The fourth-order valence-corrected chi connectivity index (χ4v) is 3.69. The van der Waals surface area contributed by atoms with E-state index in [1.54, 1.807) is 0 Å². The summed E-state index contributed by atoms with van der Waals surface area (Å²) in [6.07, 6.45) is 6.49. The van der Waals surface area contributed by atoms with E-state index in [0.717, 1.165) is 32.4 Å². The summed E-state index contributed by atoms with van der Waals surface area (Å²) in [5.41, 5.74) is 0. The van der Waals surface area contributed by atoms with Gasteiger partial charge in [-0.1, -0.05) is 0 Å². The van der Waals surface area contributed by atoms with Crippen molar-refractivity contribution in [3.8, 4) is 0 Å². The van der Waals surface area contributed by atoms with E-state index in [9.17, 15) is 8.78 Å². The normalized spacial score (nSPS) is 32.8. The second kappa shape index (κ2) is 6.51. The maximum Gasteiger partial charge on any atom is 0.248 e. The van der Waals surface area contributed by atoms with Gasteiger partial charge in [0.15, 0.2) is 0 Å². The van der Waals surface area contributed by atoms with Crippen molar-refractivity contribution in [3.63, 3.8) is 0 Å². The van der Waals surface area contributed by atoms with Gasteiger partial charge in [-0.2, -0.15) is 0 Å². The first-order valence-corrected chi connectivity index (χ1v) is 7.82. The van der Waals surface area contributed by atoms with Gasteiger partial charge in [0.2, 0.25) is 5.92 Å². The van der Waals surface area contributed by atoms with E-state index >= 15 is 0 Å². The minimum atomic E-state index is -2.41. The number of rotatable bonds is 5. The molecule has 0 aromatic rings. The van der Waals surface area contributed by atoms with Gasteiger partial charge in [-0.15, -0.1) is 11.6 Å². The van der Waals surface area contributed by atoms with Crippen molar-refractivity contribution in [1.82, 2.24) is 4.90 Å². The van der Waals surface area contributed by atoms with Gasteiger partial charge in [0.25, 0.3) is 0 Å². The fourth-order valence-electron chi connectivity index (χ4n) is 3.54. The van der Waals surface area contributed by atoms with Crippen molar-refractivity contribution in [2.24, 2.45) is 5.92 Å². The highest BCUT2D eigenvalue weighted by Crippen LogP contribution is 2.37. The molecule has 1 heterocycles. The van der Waals surface area contributed by atoms with Crippen LogP contribution in [0, 0.1) is 5.92 Å². The van der Waals surface area contributed by atoms with E-state index in [4.69, 9.17) is 11.6 Å². The zero-order valence-corrected chi connectivity index (χ0v) is 11.8. The Hall–Kier alpha value is 0.110. The Kier molecular flexibility index (Phi) is 5.25. The van der Waals surface area contributed by atoms with Crippen molar-refractivity contribution in [2.45, 2.75) is 63.3 Å². The molecule has 1 nitrogen and oxygen atoms in total. The largest absolute Gasteiger partial charge is 0.300 e. The zero-order chi connectivity index (χ0) is 13.0. The number of alkyl halides is 3. The summed E-state index contributed by atoms with van der Waals surface area (Å²) in [4.78, 5) is 2.44. The highest BCUT2D eigenvalue weighted by atomic mass is 35.5. The SMILES string of the molecule is FC1(F)CCCC(CN2CCCC2CCCCl)C1. The van der Waals surface area contributed by atoms with E-state index in [2.05, 4.69) is 4.90 Å². The van der Waals surface area contributed by atoms with Gasteiger partial charge in [0.1, 0.15) is 0 Å². The van der Waals surface area contributed by atoms with Gasteiger partial charge in [0, 0.05) is 31.3 Å². The smallest absolute Gasteiger partial charge is 0.248 e. The third kappa shape index (κ3) is 4.06. The van der Waals surface area contributed by atoms with E-state index in [1.165, 1.54) is 12.8 Å². The van der Waals surface area contributed by atoms with E-state index in [0.29, 0.717) is 18.3 Å². The van der Waals surface area contributed by atoms with Crippen molar-refractivity contribution in [3.05, 3.63) is 0 Å². The molecular weight excluding hydrogens is 256 g/mol. The molecule has 0 aromatic heterocycles. The van der Waals surface area contributed by atoms with Crippen LogP contribution in [0.25, 0.3) is 0 Å². The predicted molar refractivity (Wildman–Crippen MR) is 71.5 cm³/mol. The van der Waals surface area contributed by atoms with Crippen LogP contribution in [0.15, 0.2) is 0 Å². The average molecular weight is 280 g/mol. The van der Waals surface area contributed by atoms with Gasteiger partial charge < -0.3 is 4.90 Å². The van der Waals surface area contributed by atoms with Crippen molar-refractivity contribution >= 4 is 11.6 Å². The summed E-state index contributed by atoms with van der Waals surface area (Å²) in [6, 6.07) is 0.597. The van der Waals surface area contributed by atoms with Crippen LogP contribution in [0.2, 0.25) is 0 Å². The van der Waals surface area contributed by atoms with Crippen LogP contribution < -0.4 is 0 Å². The van der Waals surface area contributed by atoms with E-state index < -0.39 is 5.92 Å². The van der Waals surface area contributed by atoms with Crippen LogP contribution in [-0.4, -0.2) is 35.8 Å². The summed E-state index contributed by atoms with van der Waals surface area (Å²) in [7, 11) is 0. The monoisotopic (exact) mass is 279 g/mol. The Morgan fingerprint density at radius 3 is 2.78 bits per heavy atom. The summed E-state index contributed by atoms with van der Waals surface area (Å²) >= 11 is 5.74. The van der Waals surface area contributed by atoms with E-state index in [-0.39, 0.29) is 18.8 Å². The van der Waals surface area contributed by atoms with Crippen LogP contribution >= 0.6 is 11.6 Å². The molecule has 0 amide bonds. The van der Waals surface area contributed by atoms with E-state index in [1.807, 2.05) is 0 Å². The molecule has 1 aliphatic heterocycles. The molecule has 2 rings (SSSR count). The number of halogens is 3. The van der Waals surface area contributed by atoms with Crippen LogP contribution in [0.1, 0.15) is 51.4 Å². The summed E-state index contributed by atoms with van der Waals surface area (Å²) in [5, 5.41) is 0. The average Bonchev–Trinajstić information content (AvgIpc) is 2.72. The number of nitrogens with zero attached hydrogens (tertiary/aromatic N) is 1. The maximum absolute atomic E-state index is 13.4. The predicted octanol–water partition coefficient (Wildman–Crippen LogP) is 4.30. The van der Waals surface area contributed by atoms with Crippen LogP contribution in [0.4, 0.5) is 8.78 Å². The number of hydrogen-bond donors (Lipinski definition) is 0. The Morgan fingerprint density at radius 1 is 1.22 bits per heavy atom. The van der Waals surface area contributed by atoms with Crippen LogP contribution in [-0.2, 0) is 0 Å². The molecule has 0 bridgehead atoms. The first kappa shape index (κ1) is 14.5. The van der Waals surface area contributed by atoms with Gasteiger partial charge in [-0.05, 0) is 51.0 Å². The summed E-state index contributed by atoms with van der Waals surface area (Å²) in [6.45, 7) is 1.97. The van der Waals surface area contributed by atoms with Crippen molar-refractivity contribution in [2.75, 3.05) is 19.0 Å². The molecule has 2 fully saturated rings. The van der Waals surface area contributed by atoms with Gasteiger partial charge in [0.05, 0.1) is 0 Å². The molecule has 1 saturated heterocycles. The van der Waals surface area contributed by atoms with Gasteiger partial charge >= 0.3 is 0 Å². The molecule has 4 heteroatoms. The fraction of sp³-hybridized carbons (Fsp3) is 1.00. The van der Waals surface area contributed by atoms with Crippen molar-refractivity contribution < 1.29 is 8.78 Å². The summed E-state index contributed by atoms with van der Waals surface area (Å²) < 4.78 is 26.8. The molecule has 1 aliphatic carbocycles. The molecule has 106 valence electrons. The Morgan fingerprint density at radius 2 is 2.06 bits per heavy atom. The van der Waals surface area contributed by atoms with Crippen LogP contribution in [0.5, 0.6) is 0 Å². The Labute approximate surface area is 114 Å². The third-order valence-corrected chi connectivity index (χ3v) is 4.67. The topological polar surface area (TPSA) is 3.24 Å². The van der Waals surface area contributed by atoms with Gasteiger partial charge in [-0.3, -0.25) is 0 Å². The molecule has 2 unspecified atom stereocenters. The lowest BCUT2D eigenvalue weighted by Gasteiger charge is -2.34. The number of likely N-dealkylation sites (tertiary alicyclic amines) is 1. The molecule has 0 aromatic carbocycles. The molecule has 0 radical (unpaired) electrons. The molecule has 2 atom stereocenters. The summed E-state index contributed by atoms with van der Waals surface area (Å²) in [5.74, 6) is -1.49. The van der Waals surface area contributed by atoms with Crippen molar-refractivity contribution in [1.29, 1.82) is 0 Å². The molecule has 1 saturated carbocycles.